The van der Waals surface area contributed by atoms with Gasteiger partial charge in [0.2, 0.25) is 5.91 Å². The van der Waals surface area contributed by atoms with Crippen molar-refractivity contribution < 1.29 is 4.79 Å². The van der Waals surface area contributed by atoms with Crippen molar-refractivity contribution in [1.29, 1.82) is 0 Å². The lowest BCUT2D eigenvalue weighted by atomic mass is 10.0. The van der Waals surface area contributed by atoms with Gasteiger partial charge in [0.05, 0.1) is 0 Å². The minimum absolute atomic E-state index is 0.387. The number of piperidine rings is 1. The molecule has 100 valence electrons. The standard InChI is InChI=1S/C12H22N2O.C2H6/c1-10(2)13-8-5-11(6-9-13)14-7-3-4-12(14)15;1-2/h10-11H,3-9H2,1-2H3;1-2H3. The molecule has 0 aromatic rings. The van der Waals surface area contributed by atoms with E-state index in [1.807, 2.05) is 13.8 Å². The molecule has 0 atom stereocenters. The Labute approximate surface area is 106 Å². The van der Waals surface area contributed by atoms with Crippen LogP contribution in [0.4, 0.5) is 0 Å². The molecule has 0 spiro atoms. The lowest BCUT2D eigenvalue weighted by Crippen LogP contribution is -2.47. The summed E-state index contributed by atoms with van der Waals surface area (Å²) in [6.07, 6.45) is 4.20. The van der Waals surface area contributed by atoms with Crippen LogP contribution in [0.15, 0.2) is 0 Å². The van der Waals surface area contributed by atoms with Gasteiger partial charge in [0.1, 0.15) is 0 Å². The first-order valence-electron chi connectivity index (χ1n) is 7.22. The lowest BCUT2D eigenvalue weighted by Gasteiger charge is -2.38. The largest absolute Gasteiger partial charge is 0.340 e. The molecule has 2 aliphatic heterocycles. The second-order valence-electron chi connectivity index (χ2n) is 5.05. The Kier molecular flexibility index (Phi) is 5.96. The third-order valence-corrected chi connectivity index (χ3v) is 3.78. The SMILES string of the molecule is CC.CC(C)N1CCC(N2CCCC2=O)CC1. The number of hydrogen-bond donors (Lipinski definition) is 0. The average Bonchev–Trinajstić information content (AvgIpc) is 2.78. The van der Waals surface area contributed by atoms with Crippen LogP contribution in [0.5, 0.6) is 0 Å². The third-order valence-electron chi connectivity index (χ3n) is 3.78. The molecule has 0 unspecified atom stereocenters. The maximum absolute atomic E-state index is 11.6. The van der Waals surface area contributed by atoms with Crippen LogP contribution in [0.2, 0.25) is 0 Å². The zero-order chi connectivity index (χ0) is 12.8. The molecule has 0 N–H and O–H groups in total. The summed E-state index contributed by atoms with van der Waals surface area (Å²) in [5.74, 6) is 0.387. The Morgan fingerprint density at radius 3 is 2.12 bits per heavy atom. The van der Waals surface area contributed by atoms with Crippen LogP contribution in [0, 0.1) is 0 Å². The summed E-state index contributed by atoms with van der Waals surface area (Å²) in [7, 11) is 0. The molecule has 2 rings (SSSR count). The fraction of sp³-hybridized carbons (Fsp3) is 0.929. The molecular formula is C14H28N2O. The van der Waals surface area contributed by atoms with Gasteiger partial charge in [-0.2, -0.15) is 0 Å². The first-order chi connectivity index (χ1) is 8.18. The number of carbonyl (C=O) groups is 1. The Balaban J connectivity index is 0.000000686. The number of amides is 1. The van der Waals surface area contributed by atoms with E-state index in [4.69, 9.17) is 0 Å². The number of likely N-dealkylation sites (tertiary alicyclic amines) is 2. The molecule has 0 aliphatic carbocycles. The van der Waals surface area contributed by atoms with Crippen LogP contribution in [-0.4, -0.2) is 47.4 Å². The van der Waals surface area contributed by atoms with Gasteiger partial charge in [0.15, 0.2) is 0 Å². The molecule has 2 saturated heterocycles. The van der Waals surface area contributed by atoms with Crippen LogP contribution in [0.1, 0.15) is 53.4 Å². The third kappa shape index (κ3) is 3.70. The van der Waals surface area contributed by atoms with Crippen molar-refractivity contribution in [2.45, 2.75) is 65.5 Å². The summed E-state index contributed by atoms with van der Waals surface area (Å²) in [6, 6.07) is 1.19. The highest BCUT2D eigenvalue weighted by atomic mass is 16.2. The van der Waals surface area contributed by atoms with Gasteiger partial charge in [0.25, 0.3) is 0 Å². The Bertz CT molecular complexity index is 232. The number of carbonyl (C=O) groups excluding carboxylic acids is 1. The van der Waals surface area contributed by atoms with E-state index >= 15 is 0 Å². The molecule has 1 amide bonds. The molecule has 2 aliphatic rings. The zero-order valence-electron chi connectivity index (χ0n) is 11.9. The van der Waals surface area contributed by atoms with Gasteiger partial charge in [-0.3, -0.25) is 4.79 Å². The van der Waals surface area contributed by atoms with Crippen molar-refractivity contribution >= 4 is 5.91 Å². The van der Waals surface area contributed by atoms with E-state index < -0.39 is 0 Å². The molecular weight excluding hydrogens is 212 g/mol. The Hall–Kier alpha value is -0.570. The summed E-state index contributed by atoms with van der Waals surface area (Å²) in [6.45, 7) is 11.8. The van der Waals surface area contributed by atoms with E-state index in [1.165, 1.54) is 12.8 Å². The number of rotatable bonds is 2. The molecule has 0 aromatic carbocycles. The van der Waals surface area contributed by atoms with Gasteiger partial charge >= 0.3 is 0 Å². The topological polar surface area (TPSA) is 23.6 Å². The molecule has 3 nitrogen and oxygen atoms in total. The fourth-order valence-electron chi connectivity index (χ4n) is 2.77. The van der Waals surface area contributed by atoms with Crippen LogP contribution in [-0.2, 0) is 4.79 Å². The highest BCUT2D eigenvalue weighted by Gasteiger charge is 2.30. The molecule has 2 fully saturated rings. The molecule has 0 bridgehead atoms. The second kappa shape index (κ2) is 7.00. The van der Waals surface area contributed by atoms with Crippen molar-refractivity contribution in [1.82, 2.24) is 9.80 Å². The summed E-state index contributed by atoms with van der Waals surface area (Å²) < 4.78 is 0. The smallest absolute Gasteiger partial charge is 0.222 e. The summed E-state index contributed by atoms with van der Waals surface area (Å²) in [5, 5.41) is 0. The van der Waals surface area contributed by atoms with Crippen molar-refractivity contribution in [2.75, 3.05) is 19.6 Å². The van der Waals surface area contributed by atoms with Gasteiger partial charge in [-0.25, -0.2) is 0 Å². The quantitative estimate of drug-likeness (QED) is 0.740. The van der Waals surface area contributed by atoms with E-state index in [1.54, 1.807) is 0 Å². The molecule has 0 radical (unpaired) electrons. The summed E-state index contributed by atoms with van der Waals surface area (Å²) in [4.78, 5) is 16.2. The van der Waals surface area contributed by atoms with Gasteiger partial charge in [0, 0.05) is 38.1 Å². The maximum atomic E-state index is 11.6. The van der Waals surface area contributed by atoms with Gasteiger partial charge in [-0.15, -0.1) is 0 Å². The van der Waals surface area contributed by atoms with Crippen LogP contribution < -0.4 is 0 Å². The second-order valence-corrected chi connectivity index (χ2v) is 5.05. The lowest BCUT2D eigenvalue weighted by molar-refractivity contribution is -0.130. The predicted molar refractivity (Wildman–Crippen MR) is 72.0 cm³/mol. The van der Waals surface area contributed by atoms with E-state index in [0.29, 0.717) is 18.0 Å². The van der Waals surface area contributed by atoms with Crippen molar-refractivity contribution in [3.63, 3.8) is 0 Å². The summed E-state index contributed by atoms with van der Waals surface area (Å²) in [5.41, 5.74) is 0. The van der Waals surface area contributed by atoms with Gasteiger partial charge in [-0.1, -0.05) is 13.8 Å². The Morgan fingerprint density at radius 2 is 1.71 bits per heavy atom. The minimum Gasteiger partial charge on any atom is -0.340 e. The summed E-state index contributed by atoms with van der Waals surface area (Å²) >= 11 is 0. The van der Waals surface area contributed by atoms with Crippen LogP contribution >= 0.6 is 0 Å². The minimum atomic E-state index is 0.387. The zero-order valence-corrected chi connectivity index (χ0v) is 11.9. The highest BCUT2D eigenvalue weighted by Crippen LogP contribution is 2.22. The normalized spacial score (nSPS) is 22.9. The number of hydrogen-bond acceptors (Lipinski definition) is 2. The fourth-order valence-corrected chi connectivity index (χ4v) is 2.77. The Morgan fingerprint density at radius 1 is 1.12 bits per heavy atom. The molecule has 2 heterocycles. The van der Waals surface area contributed by atoms with Crippen LogP contribution in [0.25, 0.3) is 0 Å². The van der Waals surface area contributed by atoms with E-state index in [9.17, 15) is 4.79 Å². The van der Waals surface area contributed by atoms with Crippen molar-refractivity contribution in [3.05, 3.63) is 0 Å². The number of nitrogens with zero attached hydrogens (tertiary/aromatic N) is 2. The maximum Gasteiger partial charge on any atom is 0.222 e. The predicted octanol–water partition coefficient (Wildman–Crippen LogP) is 2.51. The van der Waals surface area contributed by atoms with E-state index in [0.717, 1.165) is 32.5 Å². The van der Waals surface area contributed by atoms with Crippen molar-refractivity contribution in [3.8, 4) is 0 Å². The monoisotopic (exact) mass is 240 g/mol. The molecule has 3 heteroatoms. The van der Waals surface area contributed by atoms with Crippen molar-refractivity contribution in [2.24, 2.45) is 0 Å². The molecule has 0 saturated carbocycles. The van der Waals surface area contributed by atoms with Gasteiger partial charge in [-0.05, 0) is 33.1 Å². The van der Waals surface area contributed by atoms with Gasteiger partial charge < -0.3 is 9.80 Å². The molecule has 0 aromatic heterocycles. The molecule has 17 heavy (non-hydrogen) atoms. The average molecular weight is 240 g/mol. The van der Waals surface area contributed by atoms with E-state index in [2.05, 4.69) is 23.6 Å². The van der Waals surface area contributed by atoms with E-state index in [-0.39, 0.29) is 0 Å². The highest BCUT2D eigenvalue weighted by molar-refractivity contribution is 5.78. The first-order valence-corrected chi connectivity index (χ1v) is 7.22. The van der Waals surface area contributed by atoms with Crippen LogP contribution in [0.3, 0.4) is 0 Å². The first kappa shape index (κ1) is 14.5.